The molecular formula is C18H10Cl2O6S3. The van der Waals surface area contributed by atoms with Gasteiger partial charge in [0.1, 0.15) is 0 Å². The highest BCUT2D eigenvalue weighted by molar-refractivity contribution is 8.14. The molecule has 11 heteroatoms. The van der Waals surface area contributed by atoms with E-state index in [-0.39, 0.29) is 19.6 Å². The lowest BCUT2D eigenvalue weighted by atomic mass is 9.99. The molecule has 0 aliphatic carbocycles. The SMILES string of the molecule is O=S(=O)(Cl)c1ccc(-c2ccc3c(c2)-c2ccc(S(=O)(=O)Cl)cc2S3(=O)=O)cc1. The van der Waals surface area contributed by atoms with Gasteiger partial charge in [0.25, 0.3) is 18.1 Å². The highest BCUT2D eigenvalue weighted by Crippen LogP contribution is 2.45. The summed E-state index contributed by atoms with van der Waals surface area (Å²) in [6.07, 6.45) is 0. The van der Waals surface area contributed by atoms with Crippen molar-refractivity contribution >= 4 is 49.3 Å². The van der Waals surface area contributed by atoms with Crippen molar-refractivity contribution in [2.75, 3.05) is 0 Å². The maximum absolute atomic E-state index is 12.8. The fourth-order valence-corrected chi connectivity index (χ4v) is 6.50. The van der Waals surface area contributed by atoms with E-state index >= 15 is 0 Å². The Balaban J connectivity index is 1.87. The molecule has 1 aliphatic heterocycles. The average Bonchev–Trinajstić information content (AvgIpc) is 2.87. The fourth-order valence-electron chi connectivity index (χ4n) is 3.18. The van der Waals surface area contributed by atoms with E-state index in [1.165, 1.54) is 30.3 Å². The number of hydrogen-bond acceptors (Lipinski definition) is 6. The van der Waals surface area contributed by atoms with E-state index in [2.05, 4.69) is 0 Å². The van der Waals surface area contributed by atoms with Crippen LogP contribution in [-0.4, -0.2) is 25.3 Å². The standard InChI is InChI=1S/C18H10Cl2O6S3/c19-28(23,24)13-4-1-11(2-5-13)12-3-8-17-16(9-12)15-7-6-14(29(20,25)26)10-18(15)27(17,21)22/h1-10H. The van der Waals surface area contributed by atoms with E-state index in [0.29, 0.717) is 22.3 Å². The molecule has 0 N–H and O–H groups in total. The van der Waals surface area contributed by atoms with Crippen molar-refractivity contribution in [2.45, 2.75) is 19.6 Å². The second-order valence-corrected chi connectivity index (χ2v) is 13.3. The first-order valence-corrected chi connectivity index (χ1v) is 14.0. The van der Waals surface area contributed by atoms with Gasteiger partial charge in [-0.1, -0.05) is 24.3 Å². The zero-order chi connectivity index (χ0) is 21.2. The quantitative estimate of drug-likeness (QED) is 0.403. The van der Waals surface area contributed by atoms with Crippen molar-refractivity contribution < 1.29 is 25.3 Å². The van der Waals surface area contributed by atoms with Crippen molar-refractivity contribution in [3.05, 3.63) is 60.7 Å². The minimum absolute atomic E-state index is 0.0492. The summed E-state index contributed by atoms with van der Waals surface area (Å²) in [5.74, 6) is 0. The van der Waals surface area contributed by atoms with E-state index in [9.17, 15) is 25.3 Å². The van der Waals surface area contributed by atoms with Crippen LogP contribution in [-0.2, 0) is 27.9 Å². The number of fused-ring (bicyclic) bond motifs is 3. The Morgan fingerprint density at radius 3 is 1.72 bits per heavy atom. The molecule has 0 fully saturated rings. The van der Waals surface area contributed by atoms with E-state index in [0.717, 1.165) is 6.07 Å². The van der Waals surface area contributed by atoms with Crippen LogP contribution in [0, 0.1) is 0 Å². The number of sulfone groups is 1. The smallest absolute Gasteiger partial charge is 0.218 e. The first kappa shape index (κ1) is 20.4. The van der Waals surface area contributed by atoms with Gasteiger partial charge in [0, 0.05) is 32.5 Å². The topological polar surface area (TPSA) is 102 Å². The predicted octanol–water partition coefficient (Wildman–Crippen LogP) is 4.02. The van der Waals surface area contributed by atoms with Crippen LogP contribution in [0.4, 0.5) is 0 Å². The van der Waals surface area contributed by atoms with E-state index in [4.69, 9.17) is 21.4 Å². The maximum atomic E-state index is 12.8. The Labute approximate surface area is 176 Å². The number of halogens is 2. The summed E-state index contributed by atoms with van der Waals surface area (Å²) in [5.41, 5.74) is 2.10. The van der Waals surface area contributed by atoms with Crippen LogP contribution in [0.5, 0.6) is 0 Å². The van der Waals surface area contributed by atoms with E-state index in [1.807, 2.05) is 0 Å². The Bertz CT molecular complexity index is 1490. The van der Waals surface area contributed by atoms with Gasteiger partial charge >= 0.3 is 0 Å². The molecule has 0 unspecified atom stereocenters. The van der Waals surface area contributed by atoms with Gasteiger partial charge in [-0.3, -0.25) is 0 Å². The number of hydrogen-bond donors (Lipinski definition) is 0. The average molecular weight is 489 g/mol. The normalized spacial score (nSPS) is 15.0. The van der Waals surface area contributed by atoms with Crippen LogP contribution in [0.15, 0.2) is 80.2 Å². The molecule has 29 heavy (non-hydrogen) atoms. The molecule has 0 spiro atoms. The van der Waals surface area contributed by atoms with Crippen LogP contribution in [0.25, 0.3) is 22.3 Å². The molecule has 0 saturated heterocycles. The van der Waals surface area contributed by atoms with Crippen LogP contribution in [0.2, 0.25) is 0 Å². The van der Waals surface area contributed by atoms with E-state index in [1.54, 1.807) is 24.3 Å². The molecule has 1 aliphatic rings. The van der Waals surface area contributed by atoms with Crippen molar-refractivity contribution in [1.29, 1.82) is 0 Å². The Kier molecular flexibility index (Phi) is 4.60. The maximum Gasteiger partial charge on any atom is 0.261 e. The van der Waals surface area contributed by atoms with Gasteiger partial charge < -0.3 is 0 Å². The summed E-state index contributed by atoms with van der Waals surface area (Å²) in [6.45, 7) is 0. The van der Waals surface area contributed by atoms with Gasteiger partial charge in [0.2, 0.25) is 9.84 Å². The molecule has 0 bridgehead atoms. The van der Waals surface area contributed by atoms with Gasteiger partial charge in [-0.25, -0.2) is 25.3 Å². The molecule has 1 heterocycles. The molecule has 0 atom stereocenters. The molecule has 3 aromatic rings. The highest BCUT2D eigenvalue weighted by atomic mass is 35.7. The Hall–Kier alpha value is -1.91. The summed E-state index contributed by atoms with van der Waals surface area (Å²) >= 11 is 0. The second kappa shape index (κ2) is 6.55. The minimum Gasteiger partial charge on any atom is -0.218 e. The van der Waals surface area contributed by atoms with Crippen molar-refractivity contribution in [1.82, 2.24) is 0 Å². The fraction of sp³-hybridized carbons (Fsp3) is 0. The lowest BCUT2D eigenvalue weighted by molar-refractivity contribution is 0.598. The Morgan fingerprint density at radius 1 is 0.586 bits per heavy atom. The second-order valence-electron chi connectivity index (χ2n) is 6.27. The third-order valence-corrected chi connectivity index (χ3v) is 9.13. The van der Waals surface area contributed by atoms with E-state index < -0.39 is 27.9 Å². The summed E-state index contributed by atoms with van der Waals surface area (Å²) in [6, 6.07) is 14.2. The molecule has 0 saturated carbocycles. The molecule has 4 rings (SSSR count). The molecule has 0 radical (unpaired) electrons. The molecule has 0 amide bonds. The third-order valence-electron chi connectivity index (χ3n) is 4.55. The molecule has 0 aromatic heterocycles. The van der Waals surface area contributed by atoms with Crippen LogP contribution in [0.3, 0.4) is 0 Å². The van der Waals surface area contributed by atoms with Gasteiger partial charge in [0.15, 0.2) is 0 Å². The molecular weight excluding hydrogens is 479 g/mol. The number of benzene rings is 3. The van der Waals surface area contributed by atoms with Crippen LogP contribution >= 0.6 is 21.4 Å². The zero-order valence-electron chi connectivity index (χ0n) is 14.2. The van der Waals surface area contributed by atoms with Crippen LogP contribution < -0.4 is 0 Å². The molecule has 6 nitrogen and oxygen atoms in total. The Morgan fingerprint density at radius 2 is 1.14 bits per heavy atom. The van der Waals surface area contributed by atoms with Crippen molar-refractivity contribution in [2.24, 2.45) is 0 Å². The summed E-state index contributed by atoms with van der Waals surface area (Å²) in [4.78, 5) is -0.422. The summed E-state index contributed by atoms with van der Waals surface area (Å²) < 4.78 is 71.6. The predicted molar refractivity (Wildman–Crippen MR) is 109 cm³/mol. The highest BCUT2D eigenvalue weighted by Gasteiger charge is 2.34. The molecule has 150 valence electrons. The third kappa shape index (κ3) is 3.47. The van der Waals surface area contributed by atoms with Gasteiger partial charge in [-0.2, -0.15) is 0 Å². The van der Waals surface area contributed by atoms with Crippen molar-refractivity contribution in [3.63, 3.8) is 0 Å². The minimum atomic E-state index is -4.08. The first-order chi connectivity index (χ1) is 13.4. The lowest BCUT2D eigenvalue weighted by Crippen LogP contribution is -1.99. The van der Waals surface area contributed by atoms with Gasteiger partial charge in [0.05, 0.1) is 19.6 Å². The number of rotatable bonds is 3. The zero-order valence-corrected chi connectivity index (χ0v) is 18.2. The van der Waals surface area contributed by atoms with Crippen LogP contribution in [0.1, 0.15) is 0 Å². The summed E-state index contributed by atoms with van der Waals surface area (Å²) in [7, 11) is -1.16. The van der Waals surface area contributed by atoms with Gasteiger partial charge in [-0.05, 0) is 47.5 Å². The first-order valence-electron chi connectivity index (χ1n) is 7.92. The largest absolute Gasteiger partial charge is 0.261 e. The molecule has 3 aromatic carbocycles. The van der Waals surface area contributed by atoms with Gasteiger partial charge in [-0.15, -0.1) is 0 Å². The lowest BCUT2D eigenvalue weighted by Gasteiger charge is -2.06. The monoisotopic (exact) mass is 488 g/mol. The summed E-state index contributed by atoms with van der Waals surface area (Å²) in [5, 5.41) is 0. The van der Waals surface area contributed by atoms with Crippen molar-refractivity contribution in [3.8, 4) is 22.3 Å².